The molecular formula is C15H24F2O6. The minimum Gasteiger partial charge on any atom is -0.463 e. The van der Waals surface area contributed by atoms with Crippen LogP contribution in [0.15, 0.2) is 0 Å². The molecule has 0 radical (unpaired) electrons. The van der Waals surface area contributed by atoms with Crippen LogP contribution in [0, 0.1) is 0 Å². The van der Waals surface area contributed by atoms with E-state index in [0.29, 0.717) is 6.92 Å². The van der Waals surface area contributed by atoms with Crippen molar-refractivity contribution in [3.8, 4) is 0 Å². The standard InChI is InChI=1S/C15H24F2O6/c1-9(2)21-12(18)7-10-6-11(23-14(3,4)22-10)8-20-13(19)15(5,16)17/h9-11H,6-8H2,1-5H3. The highest BCUT2D eigenvalue weighted by molar-refractivity contribution is 5.76. The summed E-state index contributed by atoms with van der Waals surface area (Å²) in [7, 11) is 0. The second kappa shape index (κ2) is 7.53. The maximum Gasteiger partial charge on any atom is 0.376 e. The zero-order valence-corrected chi connectivity index (χ0v) is 14.1. The number of hydrogen-bond donors (Lipinski definition) is 0. The number of esters is 2. The Morgan fingerprint density at radius 2 is 1.83 bits per heavy atom. The number of alkyl halides is 2. The van der Waals surface area contributed by atoms with E-state index in [4.69, 9.17) is 14.2 Å². The molecule has 0 saturated carbocycles. The minimum atomic E-state index is -3.55. The monoisotopic (exact) mass is 338 g/mol. The van der Waals surface area contributed by atoms with Crippen molar-refractivity contribution in [2.45, 2.75) is 77.5 Å². The van der Waals surface area contributed by atoms with E-state index in [0.717, 1.165) is 0 Å². The van der Waals surface area contributed by atoms with E-state index < -0.39 is 35.9 Å². The molecule has 2 atom stereocenters. The maximum atomic E-state index is 12.8. The summed E-state index contributed by atoms with van der Waals surface area (Å²) < 4.78 is 46.4. The Bertz CT molecular complexity index is 430. The van der Waals surface area contributed by atoms with E-state index in [2.05, 4.69) is 4.74 Å². The number of carbonyl (C=O) groups excluding carboxylic acids is 2. The predicted octanol–water partition coefficient (Wildman–Crippen LogP) is 2.44. The molecular weight excluding hydrogens is 314 g/mol. The molecule has 0 bridgehead atoms. The molecule has 1 rings (SSSR count). The molecule has 1 aliphatic heterocycles. The maximum absolute atomic E-state index is 12.8. The first-order valence-corrected chi connectivity index (χ1v) is 7.49. The lowest BCUT2D eigenvalue weighted by atomic mass is 10.1. The van der Waals surface area contributed by atoms with Crippen molar-refractivity contribution in [2.24, 2.45) is 0 Å². The number of carbonyl (C=O) groups is 2. The summed E-state index contributed by atoms with van der Waals surface area (Å²) >= 11 is 0. The first-order chi connectivity index (χ1) is 10.4. The topological polar surface area (TPSA) is 71.1 Å². The molecule has 23 heavy (non-hydrogen) atoms. The van der Waals surface area contributed by atoms with Crippen LogP contribution in [0.3, 0.4) is 0 Å². The Morgan fingerprint density at radius 1 is 1.26 bits per heavy atom. The molecule has 0 aromatic rings. The molecule has 0 aliphatic carbocycles. The van der Waals surface area contributed by atoms with E-state index in [1.165, 1.54) is 0 Å². The van der Waals surface area contributed by atoms with Crippen LogP contribution >= 0.6 is 0 Å². The molecule has 0 amide bonds. The zero-order chi connectivity index (χ0) is 17.8. The molecule has 1 fully saturated rings. The summed E-state index contributed by atoms with van der Waals surface area (Å²) in [5, 5.41) is 0. The van der Waals surface area contributed by atoms with E-state index in [-0.39, 0.29) is 25.6 Å². The molecule has 0 spiro atoms. The number of rotatable bonds is 6. The minimum absolute atomic E-state index is 0.0132. The third kappa shape index (κ3) is 7.22. The van der Waals surface area contributed by atoms with Gasteiger partial charge in [-0.05, 0) is 27.7 Å². The van der Waals surface area contributed by atoms with Crippen LogP contribution in [0.4, 0.5) is 8.78 Å². The van der Waals surface area contributed by atoms with Crippen LogP contribution in [-0.4, -0.2) is 48.6 Å². The van der Waals surface area contributed by atoms with Crippen LogP contribution in [0.1, 0.15) is 47.5 Å². The van der Waals surface area contributed by atoms with Gasteiger partial charge in [-0.25, -0.2) is 4.79 Å². The average molecular weight is 338 g/mol. The summed E-state index contributed by atoms with van der Waals surface area (Å²) in [5.74, 6) is -6.60. The van der Waals surface area contributed by atoms with E-state index in [1.54, 1.807) is 27.7 Å². The van der Waals surface area contributed by atoms with Gasteiger partial charge in [0, 0.05) is 13.3 Å². The quantitative estimate of drug-likeness (QED) is 0.693. The van der Waals surface area contributed by atoms with Crippen molar-refractivity contribution in [1.29, 1.82) is 0 Å². The highest BCUT2D eigenvalue weighted by Crippen LogP contribution is 2.29. The summed E-state index contributed by atoms with van der Waals surface area (Å²) in [5.41, 5.74) is 0. The molecule has 1 heterocycles. The lowest BCUT2D eigenvalue weighted by Crippen LogP contribution is -2.47. The van der Waals surface area contributed by atoms with Crippen molar-refractivity contribution >= 4 is 11.9 Å². The van der Waals surface area contributed by atoms with Gasteiger partial charge in [0.2, 0.25) is 0 Å². The SMILES string of the molecule is CC(C)OC(=O)CC1CC(COC(=O)C(C)(F)F)OC(C)(C)O1. The van der Waals surface area contributed by atoms with Gasteiger partial charge in [0.15, 0.2) is 5.79 Å². The van der Waals surface area contributed by atoms with Crippen LogP contribution in [0.2, 0.25) is 0 Å². The highest BCUT2D eigenvalue weighted by Gasteiger charge is 2.39. The van der Waals surface area contributed by atoms with E-state index in [9.17, 15) is 18.4 Å². The highest BCUT2D eigenvalue weighted by atomic mass is 19.3. The van der Waals surface area contributed by atoms with Crippen molar-refractivity contribution in [2.75, 3.05) is 6.61 Å². The third-order valence-corrected chi connectivity index (χ3v) is 2.95. The summed E-state index contributed by atoms with van der Waals surface area (Å²) in [6.45, 7) is 6.88. The Hall–Kier alpha value is -1.28. The Labute approximate surface area is 134 Å². The number of hydrogen-bond acceptors (Lipinski definition) is 6. The van der Waals surface area contributed by atoms with Crippen molar-refractivity contribution < 1.29 is 37.3 Å². The van der Waals surface area contributed by atoms with Gasteiger partial charge >= 0.3 is 17.9 Å². The van der Waals surface area contributed by atoms with Crippen molar-refractivity contribution in [3.05, 3.63) is 0 Å². The van der Waals surface area contributed by atoms with Gasteiger partial charge in [-0.2, -0.15) is 8.78 Å². The van der Waals surface area contributed by atoms with Crippen LogP contribution in [0.5, 0.6) is 0 Å². The molecule has 8 heteroatoms. The fourth-order valence-electron chi connectivity index (χ4n) is 2.24. The van der Waals surface area contributed by atoms with Crippen LogP contribution in [-0.2, 0) is 28.5 Å². The van der Waals surface area contributed by atoms with Gasteiger partial charge in [0.1, 0.15) is 6.61 Å². The van der Waals surface area contributed by atoms with Crippen LogP contribution < -0.4 is 0 Å². The normalized spacial score (nSPS) is 24.3. The van der Waals surface area contributed by atoms with Crippen molar-refractivity contribution in [1.82, 2.24) is 0 Å². The second-order valence-corrected chi connectivity index (χ2v) is 6.34. The lowest BCUT2D eigenvalue weighted by molar-refractivity contribution is -0.305. The first-order valence-electron chi connectivity index (χ1n) is 7.49. The lowest BCUT2D eigenvalue weighted by Gasteiger charge is -2.40. The Kier molecular flexibility index (Phi) is 6.47. The molecule has 0 aromatic carbocycles. The zero-order valence-electron chi connectivity index (χ0n) is 14.1. The molecule has 0 aromatic heterocycles. The largest absolute Gasteiger partial charge is 0.463 e. The predicted molar refractivity (Wildman–Crippen MR) is 75.9 cm³/mol. The summed E-state index contributed by atoms with van der Waals surface area (Å²) in [6, 6.07) is 0. The molecule has 2 unspecified atom stereocenters. The number of ether oxygens (including phenoxy) is 4. The second-order valence-electron chi connectivity index (χ2n) is 6.34. The van der Waals surface area contributed by atoms with Gasteiger partial charge in [0.05, 0.1) is 24.7 Å². The van der Waals surface area contributed by atoms with Gasteiger partial charge in [-0.1, -0.05) is 0 Å². The summed E-state index contributed by atoms with van der Waals surface area (Å²) in [6.07, 6.45) is -1.13. The Balaban J connectivity index is 2.58. The smallest absolute Gasteiger partial charge is 0.376 e. The van der Waals surface area contributed by atoms with E-state index >= 15 is 0 Å². The van der Waals surface area contributed by atoms with E-state index in [1.807, 2.05) is 0 Å². The number of halogens is 2. The van der Waals surface area contributed by atoms with Gasteiger partial charge in [-0.15, -0.1) is 0 Å². The van der Waals surface area contributed by atoms with Gasteiger partial charge < -0.3 is 18.9 Å². The summed E-state index contributed by atoms with van der Waals surface area (Å²) in [4.78, 5) is 22.8. The third-order valence-electron chi connectivity index (χ3n) is 2.95. The van der Waals surface area contributed by atoms with Crippen molar-refractivity contribution in [3.63, 3.8) is 0 Å². The average Bonchev–Trinajstić information content (AvgIpc) is 2.31. The van der Waals surface area contributed by atoms with Gasteiger partial charge in [0.25, 0.3) is 0 Å². The Morgan fingerprint density at radius 3 is 2.35 bits per heavy atom. The fourth-order valence-corrected chi connectivity index (χ4v) is 2.24. The van der Waals surface area contributed by atoms with Crippen LogP contribution in [0.25, 0.3) is 0 Å². The molecule has 134 valence electrons. The molecule has 1 saturated heterocycles. The molecule has 0 N–H and O–H groups in total. The van der Waals surface area contributed by atoms with Gasteiger partial charge in [-0.3, -0.25) is 4.79 Å². The first kappa shape index (κ1) is 19.8. The fraction of sp³-hybridized carbons (Fsp3) is 0.867. The molecule has 6 nitrogen and oxygen atoms in total. The molecule has 1 aliphatic rings.